The molecule has 5 rings (SSSR count). The molecule has 3 aromatic rings. The van der Waals surface area contributed by atoms with Crippen LogP contribution in [-0.2, 0) is 11.3 Å². The molecule has 2 fully saturated rings. The first-order chi connectivity index (χ1) is 18.9. The van der Waals surface area contributed by atoms with E-state index in [4.69, 9.17) is 27.6 Å². The lowest BCUT2D eigenvalue weighted by atomic mass is 10.1. The molecule has 4 heterocycles. The van der Waals surface area contributed by atoms with Crippen LogP contribution in [0, 0.1) is 12.4 Å². The largest absolute Gasteiger partial charge is 0.462 e. The van der Waals surface area contributed by atoms with Crippen LogP contribution in [0.5, 0.6) is 6.01 Å². The molecule has 0 aliphatic carbocycles. The lowest BCUT2D eigenvalue weighted by molar-refractivity contribution is 0.0788. The summed E-state index contributed by atoms with van der Waals surface area (Å²) in [6.07, 6.45) is 3.05. The van der Waals surface area contributed by atoms with Crippen molar-refractivity contribution in [1.29, 1.82) is 0 Å². The minimum atomic E-state index is -0.749. The van der Waals surface area contributed by atoms with Crippen LogP contribution in [0.3, 0.4) is 0 Å². The quantitative estimate of drug-likeness (QED) is 0.320. The number of likely N-dealkylation sites (N-methyl/N-ethyl adjacent to an activating group) is 1. The van der Waals surface area contributed by atoms with Crippen LogP contribution in [0.15, 0.2) is 36.5 Å². The molecule has 0 radical (unpaired) electrons. The molecule has 0 bridgehead atoms. The Balaban J connectivity index is 1.37. The highest BCUT2D eigenvalue weighted by Crippen LogP contribution is 2.31. The number of halogens is 2. The third kappa shape index (κ3) is 5.97. The number of hydrogen-bond acceptors (Lipinski definition) is 8. The Bertz CT molecular complexity index is 1370. The summed E-state index contributed by atoms with van der Waals surface area (Å²) in [6, 6.07) is 9.24. The average Bonchev–Trinajstić information content (AvgIpc) is 3.37. The molecule has 0 unspecified atom stereocenters. The maximum Gasteiger partial charge on any atom is 0.410 e. The van der Waals surface area contributed by atoms with Gasteiger partial charge in [0.05, 0.1) is 5.39 Å². The Morgan fingerprint density at radius 3 is 2.77 bits per heavy atom. The zero-order chi connectivity index (χ0) is 27.4. The van der Waals surface area contributed by atoms with Gasteiger partial charge in [-0.25, -0.2) is 20.7 Å². The van der Waals surface area contributed by atoms with E-state index in [1.807, 2.05) is 42.3 Å². The second-order valence-electron chi connectivity index (χ2n) is 9.72. The van der Waals surface area contributed by atoms with Crippen molar-refractivity contribution in [1.82, 2.24) is 24.8 Å². The van der Waals surface area contributed by atoms with Gasteiger partial charge in [-0.05, 0) is 32.0 Å². The van der Waals surface area contributed by atoms with Crippen molar-refractivity contribution in [2.75, 3.05) is 51.3 Å². The van der Waals surface area contributed by atoms with E-state index in [2.05, 4.69) is 24.7 Å². The fourth-order valence-corrected chi connectivity index (χ4v) is 5.16. The number of ether oxygens (including phenoxy) is 2. The van der Waals surface area contributed by atoms with Crippen molar-refractivity contribution in [3.8, 4) is 6.01 Å². The van der Waals surface area contributed by atoms with Gasteiger partial charge < -0.3 is 24.1 Å². The zero-order valence-electron chi connectivity index (χ0n) is 21.6. The van der Waals surface area contributed by atoms with E-state index in [0.717, 1.165) is 24.9 Å². The van der Waals surface area contributed by atoms with E-state index in [9.17, 15) is 4.79 Å². The van der Waals surface area contributed by atoms with Crippen molar-refractivity contribution >= 4 is 34.4 Å². The molecule has 1 amide bonds. The fourth-order valence-electron chi connectivity index (χ4n) is 5.02. The topological polar surface area (TPSA) is 88.3 Å². The molecule has 2 aromatic heterocycles. The number of amides is 1. The fraction of sp³-hybridized carbons (Fsp3) is 0.444. The number of rotatable bonds is 7. The summed E-state index contributed by atoms with van der Waals surface area (Å²) in [5.74, 6) is -0.327. The summed E-state index contributed by atoms with van der Waals surface area (Å²) in [7, 11) is 2.04. The zero-order valence-corrected chi connectivity index (χ0v) is 22.3. The van der Waals surface area contributed by atoms with E-state index in [1.54, 1.807) is 4.90 Å². The summed E-state index contributed by atoms with van der Waals surface area (Å²) in [4.78, 5) is 35.1. The molecule has 2 aliphatic heterocycles. The molecule has 0 spiro atoms. The summed E-state index contributed by atoms with van der Waals surface area (Å²) < 4.78 is 26.5. The van der Waals surface area contributed by atoms with Crippen molar-refractivity contribution < 1.29 is 18.7 Å². The molecule has 10 nitrogen and oxygen atoms in total. The minimum absolute atomic E-state index is 0.0150. The van der Waals surface area contributed by atoms with E-state index in [0.29, 0.717) is 37.4 Å². The van der Waals surface area contributed by atoms with Crippen LogP contribution in [-0.4, -0.2) is 89.3 Å². The van der Waals surface area contributed by atoms with Gasteiger partial charge in [-0.3, -0.25) is 4.90 Å². The van der Waals surface area contributed by atoms with E-state index in [1.165, 1.54) is 6.20 Å². The molecule has 12 heteroatoms. The number of carbonyl (C=O) groups excluding carboxylic acids is 1. The Morgan fingerprint density at radius 1 is 1.21 bits per heavy atom. The molecule has 0 N–H and O–H groups in total. The third-order valence-corrected chi connectivity index (χ3v) is 7.46. The first-order valence-corrected chi connectivity index (χ1v) is 13.2. The number of benzene rings is 1. The molecule has 2 aliphatic rings. The Hall–Kier alpha value is -3.75. The standard InChI is InChI=1S/C27H29ClFN7O3/c1-30-13-20-15-35(11-12-36(20)27(37)39-16-18-7-4-3-5-8-18)25-21-14-31-24(28)22(29)23(21)32-26(33-25)38-17-19-9-6-10-34(19)2/h3-5,7-8,14,19-20H,6,9-13,15-17H2,2H3/t19-,20-/m0/s1. The van der Waals surface area contributed by atoms with Crippen LogP contribution in [0.4, 0.5) is 15.0 Å². The second-order valence-corrected chi connectivity index (χ2v) is 10.1. The number of hydrogen-bond donors (Lipinski definition) is 0. The highest BCUT2D eigenvalue weighted by Gasteiger charge is 2.35. The molecule has 0 saturated carbocycles. The number of likely N-dealkylation sites (tertiary alicyclic amines) is 1. The monoisotopic (exact) mass is 553 g/mol. The lowest BCUT2D eigenvalue weighted by Crippen LogP contribution is -2.56. The maximum absolute atomic E-state index is 15.0. The summed E-state index contributed by atoms with van der Waals surface area (Å²) in [6.45, 7) is 10.0. The van der Waals surface area contributed by atoms with E-state index < -0.39 is 18.0 Å². The number of pyridine rings is 1. The smallest absolute Gasteiger partial charge is 0.410 e. The maximum atomic E-state index is 15.0. The predicted molar refractivity (Wildman–Crippen MR) is 144 cm³/mol. The van der Waals surface area contributed by atoms with E-state index >= 15 is 4.39 Å². The summed E-state index contributed by atoms with van der Waals surface area (Å²) >= 11 is 5.97. The van der Waals surface area contributed by atoms with Crippen LogP contribution in [0.2, 0.25) is 5.15 Å². The van der Waals surface area contributed by atoms with Gasteiger partial charge in [-0.1, -0.05) is 41.9 Å². The number of piperazine rings is 1. The molecular weight excluding hydrogens is 525 g/mol. The average molecular weight is 554 g/mol. The highest BCUT2D eigenvalue weighted by atomic mass is 35.5. The first-order valence-electron chi connectivity index (χ1n) is 12.8. The van der Waals surface area contributed by atoms with Crippen LogP contribution >= 0.6 is 11.6 Å². The SMILES string of the molecule is [C-]#[N+]C[C@H]1CN(c2nc(OC[C@@H]3CCCN3C)nc3c(F)c(Cl)ncc23)CCN1C(=O)OCc1ccccc1. The van der Waals surface area contributed by atoms with Crippen molar-refractivity contribution in [3.05, 3.63) is 64.5 Å². The molecule has 2 atom stereocenters. The summed E-state index contributed by atoms with van der Waals surface area (Å²) in [5, 5.41) is 0.0920. The van der Waals surface area contributed by atoms with Crippen molar-refractivity contribution in [2.45, 2.75) is 31.5 Å². The number of nitrogens with zero attached hydrogens (tertiary/aromatic N) is 7. The Morgan fingerprint density at radius 2 is 2.03 bits per heavy atom. The van der Waals surface area contributed by atoms with Gasteiger partial charge >= 0.3 is 12.1 Å². The van der Waals surface area contributed by atoms with Gasteiger partial charge in [0.2, 0.25) is 6.54 Å². The number of carbonyl (C=O) groups is 1. The van der Waals surface area contributed by atoms with E-state index in [-0.39, 0.29) is 35.9 Å². The third-order valence-electron chi connectivity index (χ3n) is 7.20. The van der Waals surface area contributed by atoms with Crippen molar-refractivity contribution in [2.24, 2.45) is 0 Å². The van der Waals surface area contributed by atoms with Gasteiger partial charge in [0.1, 0.15) is 30.6 Å². The van der Waals surface area contributed by atoms with Gasteiger partial charge in [0.15, 0.2) is 11.0 Å². The number of aromatic nitrogens is 3. The van der Waals surface area contributed by atoms with Crippen LogP contribution < -0.4 is 9.64 Å². The van der Waals surface area contributed by atoms with Crippen molar-refractivity contribution in [3.63, 3.8) is 0 Å². The lowest BCUT2D eigenvalue weighted by Gasteiger charge is -2.39. The minimum Gasteiger partial charge on any atom is -0.462 e. The van der Waals surface area contributed by atoms with Gasteiger partial charge in [0, 0.05) is 31.9 Å². The Kier molecular flexibility index (Phi) is 8.24. The van der Waals surface area contributed by atoms with Gasteiger partial charge in [-0.2, -0.15) is 9.97 Å². The van der Waals surface area contributed by atoms with Crippen LogP contribution in [0.25, 0.3) is 15.7 Å². The predicted octanol–water partition coefficient (Wildman–Crippen LogP) is 4.04. The number of fused-ring (bicyclic) bond motifs is 1. The first kappa shape index (κ1) is 26.8. The normalized spacial score (nSPS) is 19.7. The molecule has 39 heavy (non-hydrogen) atoms. The van der Waals surface area contributed by atoms with Crippen LogP contribution in [0.1, 0.15) is 18.4 Å². The molecule has 1 aromatic carbocycles. The highest BCUT2D eigenvalue weighted by molar-refractivity contribution is 6.30. The second kappa shape index (κ2) is 12.0. The van der Waals surface area contributed by atoms with Gasteiger partial charge in [0.25, 0.3) is 0 Å². The Labute approximate surface area is 231 Å². The molecular formula is C27H29ClFN7O3. The summed E-state index contributed by atoms with van der Waals surface area (Å²) in [5.41, 5.74) is 0.893. The molecule has 2 saturated heterocycles. The van der Waals surface area contributed by atoms with Gasteiger partial charge in [-0.15, -0.1) is 0 Å². The number of anilines is 1. The molecule has 204 valence electrons.